The van der Waals surface area contributed by atoms with E-state index in [1.165, 1.54) is 0 Å². The summed E-state index contributed by atoms with van der Waals surface area (Å²) in [5, 5.41) is 8.11. The number of aromatic nitrogens is 2. The molecule has 1 saturated heterocycles. The Hall–Kier alpha value is -2.37. The molecule has 4 rings (SSSR count). The molecule has 2 fully saturated rings. The van der Waals surface area contributed by atoms with Crippen molar-refractivity contribution in [1.29, 1.82) is 0 Å². The topological polar surface area (TPSA) is 62.5 Å². The predicted molar refractivity (Wildman–Crippen MR) is 85.0 cm³/mol. The Morgan fingerprint density at radius 1 is 1.17 bits per heavy atom. The predicted octanol–water partition coefficient (Wildman–Crippen LogP) is 1.91. The molecule has 0 bridgehead atoms. The van der Waals surface area contributed by atoms with Crippen LogP contribution in [0, 0.1) is 5.92 Å². The van der Waals surface area contributed by atoms with Gasteiger partial charge < -0.3 is 14.2 Å². The van der Waals surface area contributed by atoms with Gasteiger partial charge in [0, 0.05) is 44.2 Å². The second-order valence-electron chi connectivity index (χ2n) is 6.21. The van der Waals surface area contributed by atoms with Crippen molar-refractivity contribution >= 4 is 11.7 Å². The summed E-state index contributed by atoms with van der Waals surface area (Å²) in [6.07, 6.45) is 5.23. The van der Waals surface area contributed by atoms with E-state index in [1.54, 1.807) is 12.5 Å². The molecule has 0 aromatic carbocycles. The fourth-order valence-corrected chi connectivity index (χ4v) is 3.35. The Bertz CT molecular complexity index is 658. The number of furan rings is 1. The second kappa shape index (κ2) is 6.02. The molecular weight excluding hydrogens is 292 g/mol. The van der Waals surface area contributed by atoms with Crippen molar-refractivity contribution < 1.29 is 9.21 Å². The van der Waals surface area contributed by atoms with Gasteiger partial charge in [-0.2, -0.15) is 5.10 Å². The Labute approximate surface area is 135 Å². The summed E-state index contributed by atoms with van der Waals surface area (Å²) in [6.45, 7) is 3.28. The Morgan fingerprint density at radius 3 is 2.91 bits per heavy atom. The molecule has 0 N–H and O–H groups in total. The minimum Gasteiger partial charge on any atom is -0.469 e. The van der Waals surface area contributed by atoms with Crippen molar-refractivity contribution in [1.82, 2.24) is 15.1 Å². The minimum absolute atomic E-state index is 0.101. The number of rotatable bonds is 3. The summed E-state index contributed by atoms with van der Waals surface area (Å²) >= 11 is 0. The number of amides is 1. The van der Waals surface area contributed by atoms with Crippen LogP contribution in [0.3, 0.4) is 0 Å². The molecule has 1 aliphatic heterocycles. The van der Waals surface area contributed by atoms with Crippen LogP contribution in [0.4, 0.5) is 5.82 Å². The van der Waals surface area contributed by atoms with Crippen LogP contribution in [-0.2, 0) is 4.79 Å². The van der Waals surface area contributed by atoms with E-state index in [9.17, 15) is 4.79 Å². The molecule has 1 aliphatic carbocycles. The standard InChI is InChI=1S/C17H20N4O2/c22-17(14-12-13(14)15-4-2-11-23-15)21-8-3-7-20(9-10-21)16-5-1-6-18-19-16/h1-2,4-6,11,13-14H,3,7-10,12H2/t13-,14+/m1/s1. The van der Waals surface area contributed by atoms with E-state index in [2.05, 4.69) is 15.1 Å². The lowest BCUT2D eigenvalue weighted by Crippen LogP contribution is -2.36. The maximum Gasteiger partial charge on any atom is 0.226 e. The molecule has 0 spiro atoms. The van der Waals surface area contributed by atoms with Gasteiger partial charge in [0.05, 0.1) is 6.26 Å². The molecule has 6 nitrogen and oxygen atoms in total. The van der Waals surface area contributed by atoms with Gasteiger partial charge >= 0.3 is 0 Å². The average molecular weight is 312 g/mol. The number of carbonyl (C=O) groups excluding carboxylic acids is 1. The third kappa shape index (κ3) is 2.93. The number of hydrogen-bond donors (Lipinski definition) is 0. The van der Waals surface area contributed by atoms with Crippen LogP contribution >= 0.6 is 0 Å². The van der Waals surface area contributed by atoms with Crippen molar-refractivity contribution in [2.75, 3.05) is 31.1 Å². The van der Waals surface area contributed by atoms with Crippen LogP contribution in [-0.4, -0.2) is 47.2 Å². The van der Waals surface area contributed by atoms with Gasteiger partial charge in [-0.05, 0) is 37.1 Å². The van der Waals surface area contributed by atoms with Crippen LogP contribution in [0.25, 0.3) is 0 Å². The zero-order valence-electron chi connectivity index (χ0n) is 13.0. The molecule has 23 heavy (non-hydrogen) atoms. The van der Waals surface area contributed by atoms with Crippen molar-refractivity contribution in [3.05, 3.63) is 42.5 Å². The lowest BCUT2D eigenvalue weighted by Gasteiger charge is -2.22. The highest BCUT2D eigenvalue weighted by molar-refractivity contribution is 5.83. The molecule has 3 heterocycles. The molecule has 0 radical (unpaired) electrons. The Balaban J connectivity index is 1.37. The first-order valence-corrected chi connectivity index (χ1v) is 8.18. The third-order valence-corrected chi connectivity index (χ3v) is 4.71. The van der Waals surface area contributed by atoms with Crippen molar-refractivity contribution in [2.24, 2.45) is 5.92 Å². The number of carbonyl (C=O) groups is 1. The first-order valence-electron chi connectivity index (χ1n) is 8.18. The van der Waals surface area contributed by atoms with Gasteiger partial charge in [-0.3, -0.25) is 4.79 Å². The average Bonchev–Trinajstić information content (AvgIpc) is 3.29. The molecule has 2 aromatic rings. The number of hydrogen-bond acceptors (Lipinski definition) is 5. The lowest BCUT2D eigenvalue weighted by atomic mass is 10.2. The van der Waals surface area contributed by atoms with E-state index in [1.807, 2.05) is 29.2 Å². The summed E-state index contributed by atoms with van der Waals surface area (Å²) in [5.74, 6) is 2.48. The van der Waals surface area contributed by atoms with Crippen LogP contribution in [0.15, 0.2) is 41.1 Å². The highest BCUT2D eigenvalue weighted by Gasteiger charge is 2.47. The zero-order valence-corrected chi connectivity index (χ0v) is 13.0. The molecule has 2 aliphatic rings. The normalized spacial score (nSPS) is 24.3. The molecule has 0 unspecified atom stereocenters. The van der Waals surface area contributed by atoms with Gasteiger partial charge in [-0.15, -0.1) is 5.10 Å². The van der Waals surface area contributed by atoms with Crippen molar-refractivity contribution in [3.63, 3.8) is 0 Å². The van der Waals surface area contributed by atoms with Gasteiger partial charge in [0.25, 0.3) is 0 Å². The summed E-state index contributed by atoms with van der Waals surface area (Å²) in [6, 6.07) is 7.72. The van der Waals surface area contributed by atoms with Crippen molar-refractivity contribution in [3.8, 4) is 0 Å². The SMILES string of the molecule is O=C([C@H]1C[C@H]1c1ccco1)N1CCCN(c2cccnn2)CC1. The molecule has 2 aromatic heterocycles. The highest BCUT2D eigenvalue weighted by atomic mass is 16.3. The zero-order chi connectivity index (χ0) is 15.6. The highest BCUT2D eigenvalue weighted by Crippen LogP contribution is 2.48. The fraction of sp³-hybridized carbons (Fsp3) is 0.471. The van der Waals surface area contributed by atoms with Gasteiger partial charge in [0.15, 0.2) is 5.82 Å². The molecule has 1 amide bonds. The van der Waals surface area contributed by atoms with E-state index >= 15 is 0 Å². The number of anilines is 1. The van der Waals surface area contributed by atoms with Gasteiger partial charge in [0.1, 0.15) is 5.76 Å². The van der Waals surface area contributed by atoms with Gasteiger partial charge in [-0.1, -0.05) is 0 Å². The van der Waals surface area contributed by atoms with Crippen LogP contribution < -0.4 is 4.90 Å². The minimum atomic E-state index is 0.101. The van der Waals surface area contributed by atoms with Gasteiger partial charge in [0.2, 0.25) is 5.91 Å². The number of nitrogens with zero attached hydrogens (tertiary/aromatic N) is 4. The van der Waals surface area contributed by atoms with Crippen molar-refractivity contribution in [2.45, 2.75) is 18.8 Å². The lowest BCUT2D eigenvalue weighted by molar-refractivity contribution is -0.132. The van der Waals surface area contributed by atoms with Crippen LogP contribution in [0.2, 0.25) is 0 Å². The van der Waals surface area contributed by atoms with Gasteiger partial charge in [-0.25, -0.2) is 0 Å². The molecule has 120 valence electrons. The Kier molecular flexibility index (Phi) is 3.73. The quantitative estimate of drug-likeness (QED) is 0.866. The Morgan fingerprint density at radius 2 is 2.13 bits per heavy atom. The molecule has 2 atom stereocenters. The maximum atomic E-state index is 12.7. The van der Waals surface area contributed by atoms with Crippen LogP contribution in [0.5, 0.6) is 0 Å². The van der Waals surface area contributed by atoms with E-state index in [0.717, 1.165) is 50.6 Å². The second-order valence-corrected chi connectivity index (χ2v) is 6.21. The van der Waals surface area contributed by atoms with Crippen LogP contribution in [0.1, 0.15) is 24.5 Å². The summed E-state index contributed by atoms with van der Waals surface area (Å²) in [7, 11) is 0. The first kappa shape index (κ1) is 14.2. The third-order valence-electron chi connectivity index (χ3n) is 4.71. The molecular formula is C17H20N4O2. The summed E-state index contributed by atoms with van der Waals surface area (Å²) in [4.78, 5) is 16.9. The first-order chi connectivity index (χ1) is 11.3. The van der Waals surface area contributed by atoms with E-state index in [0.29, 0.717) is 0 Å². The monoisotopic (exact) mass is 312 g/mol. The largest absolute Gasteiger partial charge is 0.469 e. The summed E-state index contributed by atoms with van der Waals surface area (Å²) in [5.41, 5.74) is 0. The van der Waals surface area contributed by atoms with E-state index in [4.69, 9.17) is 4.42 Å². The molecule has 6 heteroatoms. The van der Waals surface area contributed by atoms with E-state index < -0.39 is 0 Å². The maximum absolute atomic E-state index is 12.7. The van der Waals surface area contributed by atoms with E-state index in [-0.39, 0.29) is 17.7 Å². The summed E-state index contributed by atoms with van der Waals surface area (Å²) < 4.78 is 5.43. The molecule has 1 saturated carbocycles. The smallest absolute Gasteiger partial charge is 0.226 e. The fourth-order valence-electron chi connectivity index (χ4n) is 3.35.